The molecule has 0 bridgehead atoms. The van der Waals surface area contributed by atoms with Crippen LogP contribution in [0.4, 0.5) is 10.1 Å². The zero-order chi connectivity index (χ0) is 15.4. The number of benzene rings is 1. The lowest BCUT2D eigenvalue weighted by Gasteiger charge is -2.20. The number of hydrogen-bond donors (Lipinski definition) is 3. The summed E-state index contributed by atoms with van der Waals surface area (Å²) in [6, 6.07) is 5.55. The van der Waals surface area contributed by atoms with Crippen molar-refractivity contribution >= 4 is 17.5 Å². The molecule has 114 valence electrons. The molecule has 2 atom stereocenters. The normalized spacial score (nSPS) is 16.9. The third kappa shape index (κ3) is 4.82. The van der Waals surface area contributed by atoms with Crippen LogP contribution in [0.2, 0.25) is 0 Å². The number of hydrogen-bond acceptors (Lipinski definition) is 2. The molecular formula is C15H21FN3O2+. The maximum Gasteiger partial charge on any atom is 0.282 e. The Morgan fingerprint density at radius 2 is 1.95 bits per heavy atom. The van der Waals surface area contributed by atoms with Crippen molar-refractivity contribution in [3.8, 4) is 0 Å². The van der Waals surface area contributed by atoms with E-state index in [9.17, 15) is 14.0 Å². The van der Waals surface area contributed by atoms with E-state index in [0.717, 1.165) is 17.7 Å². The molecule has 1 aliphatic rings. The van der Waals surface area contributed by atoms with Crippen LogP contribution in [0.1, 0.15) is 19.8 Å². The third-order valence-corrected chi connectivity index (χ3v) is 3.63. The van der Waals surface area contributed by atoms with Crippen molar-refractivity contribution in [2.45, 2.75) is 31.8 Å². The predicted octanol–water partition coefficient (Wildman–Crippen LogP) is -0.0540. The molecule has 1 unspecified atom stereocenters. The quantitative estimate of drug-likeness (QED) is 0.689. The Morgan fingerprint density at radius 3 is 2.52 bits per heavy atom. The predicted molar refractivity (Wildman–Crippen MR) is 77.4 cm³/mol. The van der Waals surface area contributed by atoms with Crippen molar-refractivity contribution in [3.63, 3.8) is 0 Å². The molecule has 1 aromatic rings. The minimum atomic E-state index is -0.375. The largest absolute Gasteiger partial charge is 0.348 e. The molecule has 0 radical (unpaired) electrons. The fourth-order valence-corrected chi connectivity index (χ4v) is 1.92. The maximum absolute atomic E-state index is 12.8. The van der Waals surface area contributed by atoms with Crippen LogP contribution in [0.3, 0.4) is 0 Å². The number of halogens is 1. The Hall–Kier alpha value is -1.95. The van der Waals surface area contributed by atoms with Crippen molar-refractivity contribution < 1.29 is 18.9 Å². The average molecular weight is 294 g/mol. The lowest BCUT2D eigenvalue weighted by molar-refractivity contribution is -0.885. The van der Waals surface area contributed by atoms with Gasteiger partial charge >= 0.3 is 0 Å². The van der Waals surface area contributed by atoms with E-state index in [1.807, 2.05) is 0 Å². The van der Waals surface area contributed by atoms with Crippen molar-refractivity contribution in [3.05, 3.63) is 30.1 Å². The molecule has 6 heteroatoms. The number of rotatable bonds is 6. The van der Waals surface area contributed by atoms with Gasteiger partial charge < -0.3 is 15.5 Å². The number of quaternary nitrogens is 1. The molecular weight excluding hydrogens is 273 g/mol. The van der Waals surface area contributed by atoms with Gasteiger partial charge in [-0.05, 0) is 44.0 Å². The van der Waals surface area contributed by atoms with E-state index < -0.39 is 0 Å². The summed E-state index contributed by atoms with van der Waals surface area (Å²) in [4.78, 5) is 24.6. The highest BCUT2D eigenvalue weighted by Gasteiger charge is 2.27. The van der Waals surface area contributed by atoms with E-state index in [2.05, 4.69) is 10.6 Å². The highest BCUT2D eigenvalue weighted by molar-refractivity contribution is 5.93. The summed E-state index contributed by atoms with van der Waals surface area (Å²) in [5.74, 6) is -0.574. The van der Waals surface area contributed by atoms with Gasteiger partial charge in [-0.15, -0.1) is 0 Å². The highest BCUT2D eigenvalue weighted by Crippen LogP contribution is 2.18. The van der Waals surface area contributed by atoms with Gasteiger partial charge in [-0.25, -0.2) is 4.39 Å². The van der Waals surface area contributed by atoms with Crippen LogP contribution in [0, 0.1) is 5.82 Å². The molecule has 21 heavy (non-hydrogen) atoms. The van der Waals surface area contributed by atoms with Crippen molar-refractivity contribution in [2.75, 3.05) is 18.9 Å². The van der Waals surface area contributed by atoms with Gasteiger partial charge in [-0.3, -0.25) is 9.59 Å². The van der Waals surface area contributed by atoms with Gasteiger partial charge in [0.1, 0.15) is 5.82 Å². The minimum Gasteiger partial charge on any atom is -0.348 e. The Bertz CT molecular complexity index is 514. The third-order valence-electron chi connectivity index (χ3n) is 3.63. The van der Waals surface area contributed by atoms with Gasteiger partial charge in [0.2, 0.25) is 0 Å². The molecule has 5 nitrogen and oxygen atoms in total. The van der Waals surface area contributed by atoms with Crippen LogP contribution >= 0.6 is 0 Å². The molecule has 0 heterocycles. The zero-order valence-corrected chi connectivity index (χ0v) is 12.3. The molecule has 2 amide bonds. The summed E-state index contributed by atoms with van der Waals surface area (Å²) in [5.41, 5.74) is 0.545. The van der Waals surface area contributed by atoms with E-state index >= 15 is 0 Å². The van der Waals surface area contributed by atoms with Crippen LogP contribution in [-0.2, 0) is 9.59 Å². The highest BCUT2D eigenvalue weighted by atomic mass is 19.1. The van der Waals surface area contributed by atoms with Crippen LogP contribution < -0.4 is 15.5 Å². The molecule has 1 aliphatic carbocycles. The second kappa shape index (κ2) is 6.67. The Kier molecular flexibility index (Phi) is 4.90. The van der Waals surface area contributed by atoms with Crippen molar-refractivity contribution in [2.24, 2.45) is 0 Å². The molecule has 0 saturated heterocycles. The van der Waals surface area contributed by atoms with Crippen LogP contribution in [0.25, 0.3) is 0 Å². The van der Waals surface area contributed by atoms with E-state index in [1.165, 1.54) is 24.3 Å². The van der Waals surface area contributed by atoms with Gasteiger partial charge in [0, 0.05) is 11.7 Å². The van der Waals surface area contributed by atoms with Gasteiger partial charge in [-0.1, -0.05) is 0 Å². The molecule has 1 fully saturated rings. The van der Waals surface area contributed by atoms with E-state index in [1.54, 1.807) is 14.0 Å². The average Bonchev–Trinajstić information content (AvgIpc) is 3.24. The van der Waals surface area contributed by atoms with E-state index in [4.69, 9.17) is 0 Å². The molecule has 1 saturated carbocycles. The number of anilines is 1. The zero-order valence-electron chi connectivity index (χ0n) is 12.3. The van der Waals surface area contributed by atoms with Gasteiger partial charge in [0.05, 0.1) is 7.05 Å². The molecule has 1 aromatic carbocycles. The van der Waals surface area contributed by atoms with E-state index in [-0.39, 0.29) is 30.2 Å². The van der Waals surface area contributed by atoms with Crippen LogP contribution in [-0.4, -0.2) is 37.5 Å². The van der Waals surface area contributed by atoms with Crippen molar-refractivity contribution in [1.29, 1.82) is 0 Å². The van der Waals surface area contributed by atoms with Gasteiger partial charge in [0.25, 0.3) is 11.8 Å². The Morgan fingerprint density at radius 1 is 1.33 bits per heavy atom. The smallest absolute Gasteiger partial charge is 0.282 e. The summed E-state index contributed by atoms with van der Waals surface area (Å²) >= 11 is 0. The molecule has 0 aromatic heterocycles. The first kappa shape index (κ1) is 15.4. The second-order valence-corrected chi connectivity index (χ2v) is 5.58. The molecule has 0 aliphatic heterocycles. The first-order chi connectivity index (χ1) is 9.95. The fraction of sp³-hybridized carbons (Fsp3) is 0.467. The second-order valence-electron chi connectivity index (χ2n) is 5.58. The maximum atomic E-state index is 12.8. The molecule has 0 spiro atoms. The first-order valence-corrected chi connectivity index (χ1v) is 7.14. The summed E-state index contributed by atoms with van der Waals surface area (Å²) in [6.07, 6.45) is 2.09. The number of carbonyl (C=O) groups excluding carboxylic acids is 2. The summed E-state index contributed by atoms with van der Waals surface area (Å²) in [5, 5.41) is 5.62. The minimum absolute atomic E-state index is 0.0311. The Labute approximate surface area is 123 Å². The summed E-state index contributed by atoms with van der Waals surface area (Å²) < 4.78 is 12.8. The monoisotopic (exact) mass is 294 g/mol. The number of amides is 2. The van der Waals surface area contributed by atoms with E-state index in [0.29, 0.717) is 11.7 Å². The van der Waals surface area contributed by atoms with Crippen LogP contribution in [0.5, 0.6) is 0 Å². The summed E-state index contributed by atoms with van der Waals surface area (Å²) in [6.45, 7) is 2.02. The van der Waals surface area contributed by atoms with Crippen LogP contribution in [0.15, 0.2) is 24.3 Å². The Balaban J connectivity index is 1.82. The topological polar surface area (TPSA) is 62.6 Å². The first-order valence-electron chi connectivity index (χ1n) is 7.14. The fourth-order valence-electron chi connectivity index (χ4n) is 1.92. The standard InChI is InChI=1S/C15H20FN3O2/c1-10(19(2)9-14(20)17-12-7-8-12)15(21)18-13-5-3-11(16)4-6-13/h3-6,10,12H,7-9H2,1-2H3,(H,17,20)(H,18,21)/p+1/t10-/m1/s1. The van der Waals surface area contributed by atoms with Gasteiger partial charge in [0.15, 0.2) is 12.6 Å². The lowest BCUT2D eigenvalue weighted by Crippen LogP contribution is -3.15. The molecule has 3 N–H and O–H groups in total. The number of likely N-dealkylation sites (N-methyl/N-ethyl adjacent to an activating group) is 1. The SMILES string of the molecule is C[C@H](C(=O)Nc1ccc(F)cc1)[NH+](C)CC(=O)NC1CC1. The number of carbonyl (C=O) groups is 2. The lowest BCUT2D eigenvalue weighted by atomic mass is 10.2. The number of nitrogens with one attached hydrogen (secondary N) is 3. The molecule has 2 rings (SSSR count). The summed E-state index contributed by atoms with van der Waals surface area (Å²) in [7, 11) is 1.81. The van der Waals surface area contributed by atoms with Crippen molar-refractivity contribution in [1.82, 2.24) is 5.32 Å². The van der Waals surface area contributed by atoms with Gasteiger partial charge in [-0.2, -0.15) is 0 Å².